The fourth-order valence-corrected chi connectivity index (χ4v) is 1.34. The first kappa shape index (κ1) is 13.6. The fraction of sp³-hybridized carbons (Fsp3) is 0.200. The molecule has 0 atom stereocenters. The highest BCUT2D eigenvalue weighted by atomic mass is 79.9. The zero-order chi connectivity index (χ0) is 11.5. The molecular weight excluding hydrogens is 293 g/mol. The molecule has 0 fully saturated rings. The molecule has 1 aromatic carbocycles. The van der Waals surface area contributed by atoms with Gasteiger partial charge in [-0.3, -0.25) is 0 Å². The largest absolute Gasteiger partial charge is 0.493 e. The molecule has 0 aliphatic heterocycles. The fourth-order valence-electron chi connectivity index (χ4n) is 1.34. The maximum absolute atomic E-state index is 13.4. The van der Waals surface area contributed by atoms with Crippen molar-refractivity contribution in [3.8, 4) is 17.1 Å². The van der Waals surface area contributed by atoms with Gasteiger partial charge in [-0.15, -0.1) is 17.0 Å². The van der Waals surface area contributed by atoms with Crippen LogP contribution < -0.4 is 10.5 Å². The van der Waals surface area contributed by atoms with E-state index in [4.69, 9.17) is 15.0 Å². The van der Waals surface area contributed by atoms with Crippen LogP contribution in [-0.4, -0.2) is 17.3 Å². The van der Waals surface area contributed by atoms with Crippen LogP contribution >= 0.6 is 17.0 Å². The minimum absolute atomic E-state index is 0. The lowest BCUT2D eigenvalue weighted by Gasteiger charge is -2.05. The van der Waals surface area contributed by atoms with Gasteiger partial charge in [-0.1, -0.05) is 11.2 Å². The van der Waals surface area contributed by atoms with E-state index in [1.807, 2.05) is 0 Å². The zero-order valence-electron chi connectivity index (χ0n) is 9.01. The van der Waals surface area contributed by atoms with Crippen LogP contribution in [0.3, 0.4) is 0 Å². The van der Waals surface area contributed by atoms with E-state index in [1.165, 1.54) is 13.2 Å². The number of rotatable bonds is 3. The Morgan fingerprint density at radius 1 is 1.47 bits per heavy atom. The molecule has 0 aliphatic carbocycles. The Morgan fingerprint density at radius 3 is 2.82 bits per heavy atom. The summed E-state index contributed by atoms with van der Waals surface area (Å²) in [6.07, 6.45) is 0. The van der Waals surface area contributed by atoms with Crippen LogP contribution in [0.2, 0.25) is 0 Å². The van der Waals surface area contributed by atoms with Gasteiger partial charge in [-0.2, -0.15) is 4.98 Å². The first-order chi connectivity index (χ1) is 7.76. The number of hydrogen-bond donors (Lipinski definition) is 1. The van der Waals surface area contributed by atoms with Gasteiger partial charge >= 0.3 is 0 Å². The van der Waals surface area contributed by atoms with E-state index in [9.17, 15) is 4.39 Å². The monoisotopic (exact) mass is 303 g/mol. The van der Waals surface area contributed by atoms with Crippen LogP contribution in [0.15, 0.2) is 22.7 Å². The van der Waals surface area contributed by atoms with Gasteiger partial charge in [0.2, 0.25) is 11.7 Å². The van der Waals surface area contributed by atoms with E-state index < -0.39 is 5.82 Å². The van der Waals surface area contributed by atoms with E-state index in [-0.39, 0.29) is 35.1 Å². The number of ether oxygens (including phenoxy) is 1. The van der Waals surface area contributed by atoms with E-state index in [0.717, 1.165) is 0 Å². The lowest BCUT2D eigenvalue weighted by atomic mass is 10.2. The Balaban J connectivity index is 0.00000144. The summed E-state index contributed by atoms with van der Waals surface area (Å²) in [6.45, 7) is 0.143. The lowest BCUT2D eigenvalue weighted by molar-refractivity contribution is 0.377. The summed E-state index contributed by atoms with van der Waals surface area (Å²) in [7, 11) is 1.38. The first-order valence-electron chi connectivity index (χ1n) is 4.61. The Morgan fingerprint density at radius 2 is 2.24 bits per heavy atom. The molecule has 0 radical (unpaired) electrons. The average Bonchev–Trinajstić information content (AvgIpc) is 2.77. The van der Waals surface area contributed by atoms with Crippen molar-refractivity contribution in [2.45, 2.75) is 6.54 Å². The number of nitrogens with zero attached hydrogens (tertiary/aromatic N) is 2. The van der Waals surface area contributed by atoms with Crippen LogP contribution in [0.4, 0.5) is 4.39 Å². The molecule has 7 heteroatoms. The summed E-state index contributed by atoms with van der Waals surface area (Å²) in [5.41, 5.74) is 5.78. The second-order valence-electron chi connectivity index (χ2n) is 3.04. The summed E-state index contributed by atoms with van der Waals surface area (Å²) in [6, 6.07) is 4.49. The van der Waals surface area contributed by atoms with Crippen molar-refractivity contribution >= 4 is 17.0 Å². The molecule has 5 nitrogen and oxygen atoms in total. The Hall–Kier alpha value is -1.47. The highest BCUT2D eigenvalue weighted by molar-refractivity contribution is 8.93. The van der Waals surface area contributed by atoms with Gasteiger partial charge in [-0.25, -0.2) is 4.39 Å². The number of hydrogen-bond acceptors (Lipinski definition) is 5. The normalized spacial score (nSPS) is 9.82. The van der Waals surface area contributed by atoms with Crippen molar-refractivity contribution < 1.29 is 13.7 Å². The molecule has 17 heavy (non-hydrogen) atoms. The minimum atomic E-state index is -0.473. The van der Waals surface area contributed by atoms with Gasteiger partial charge in [0.05, 0.1) is 19.2 Å². The summed E-state index contributed by atoms with van der Waals surface area (Å²) >= 11 is 0. The molecule has 0 unspecified atom stereocenters. The molecule has 0 bridgehead atoms. The topological polar surface area (TPSA) is 74.2 Å². The van der Waals surface area contributed by atoms with Crippen molar-refractivity contribution in [3.05, 3.63) is 29.9 Å². The highest BCUT2D eigenvalue weighted by Gasteiger charge is 2.15. The molecule has 92 valence electrons. The van der Waals surface area contributed by atoms with E-state index in [0.29, 0.717) is 11.5 Å². The van der Waals surface area contributed by atoms with Gasteiger partial charge in [0, 0.05) is 0 Å². The molecule has 0 saturated carbocycles. The third kappa shape index (κ3) is 2.62. The minimum Gasteiger partial charge on any atom is -0.493 e. The molecule has 0 saturated heterocycles. The van der Waals surface area contributed by atoms with Crippen molar-refractivity contribution in [2.24, 2.45) is 5.73 Å². The Bertz CT molecular complexity index is 504. The molecule has 0 amide bonds. The summed E-state index contributed by atoms with van der Waals surface area (Å²) < 4.78 is 23.2. The predicted molar refractivity (Wildman–Crippen MR) is 64.5 cm³/mol. The number of halogens is 2. The summed E-state index contributed by atoms with van der Waals surface area (Å²) in [5.74, 6) is 0.170. The predicted octanol–water partition coefficient (Wildman–Crippen LogP) is 1.92. The van der Waals surface area contributed by atoms with Crippen LogP contribution in [0.25, 0.3) is 11.4 Å². The lowest BCUT2D eigenvalue weighted by Crippen LogP contribution is -1.96. The van der Waals surface area contributed by atoms with E-state index in [2.05, 4.69) is 10.1 Å². The molecular formula is C10H11BrFN3O2. The van der Waals surface area contributed by atoms with Gasteiger partial charge in [0.1, 0.15) is 0 Å². The van der Waals surface area contributed by atoms with E-state index >= 15 is 0 Å². The van der Waals surface area contributed by atoms with Gasteiger partial charge in [0.15, 0.2) is 11.6 Å². The Kier molecular flexibility index (Phi) is 4.59. The number of methoxy groups -OCH3 is 1. The van der Waals surface area contributed by atoms with Crippen LogP contribution in [-0.2, 0) is 6.54 Å². The number of para-hydroxylation sites is 1. The SMILES string of the molecule is Br.COc1c(F)cccc1-c1noc(CN)n1. The summed E-state index contributed by atoms with van der Waals surface area (Å²) in [5, 5.41) is 3.69. The zero-order valence-corrected chi connectivity index (χ0v) is 10.7. The third-order valence-electron chi connectivity index (χ3n) is 2.05. The molecule has 2 rings (SSSR count). The standard InChI is InChI=1S/C10H10FN3O2.BrH/c1-15-9-6(3-2-4-7(9)11)10-13-8(5-12)16-14-10;/h2-4H,5,12H2,1H3;1H. The maximum atomic E-state index is 13.4. The number of benzene rings is 1. The molecule has 0 spiro atoms. The molecule has 2 N–H and O–H groups in total. The van der Waals surface area contributed by atoms with Gasteiger partial charge < -0.3 is 15.0 Å². The van der Waals surface area contributed by atoms with Gasteiger partial charge in [0.25, 0.3) is 0 Å². The van der Waals surface area contributed by atoms with Crippen LogP contribution in [0.5, 0.6) is 5.75 Å². The summed E-state index contributed by atoms with van der Waals surface area (Å²) in [4.78, 5) is 4.00. The van der Waals surface area contributed by atoms with Crippen molar-refractivity contribution in [3.63, 3.8) is 0 Å². The average molecular weight is 304 g/mol. The second-order valence-corrected chi connectivity index (χ2v) is 3.04. The van der Waals surface area contributed by atoms with Crippen molar-refractivity contribution in [1.29, 1.82) is 0 Å². The number of nitrogens with two attached hydrogens (primary N) is 1. The molecule has 0 aliphatic rings. The van der Waals surface area contributed by atoms with Crippen molar-refractivity contribution in [1.82, 2.24) is 10.1 Å². The molecule has 1 aromatic heterocycles. The maximum Gasteiger partial charge on any atom is 0.240 e. The van der Waals surface area contributed by atoms with Gasteiger partial charge in [-0.05, 0) is 12.1 Å². The smallest absolute Gasteiger partial charge is 0.240 e. The van der Waals surface area contributed by atoms with Crippen LogP contribution in [0, 0.1) is 5.82 Å². The third-order valence-corrected chi connectivity index (χ3v) is 2.05. The first-order valence-corrected chi connectivity index (χ1v) is 4.61. The quantitative estimate of drug-likeness (QED) is 0.937. The van der Waals surface area contributed by atoms with E-state index in [1.54, 1.807) is 12.1 Å². The van der Waals surface area contributed by atoms with Crippen LogP contribution in [0.1, 0.15) is 5.89 Å². The highest BCUT2D eigenvalue weighted by Crippen LogP contribution is 2.29. The Labute approximate surface area is 108 Å². The van der Waals surface area contributed by atoms with Crippen molar-refractivity contribution in [2.75, 3.05) is 7.11 Å². The molecule has 2 aromatic rings. The second kappa shape index (κ2) is 5.74. The number of aromatic nitrogens is 2. The molecule has 1 heterocycles.